The summed E-state index contributed by atoms with van der Waals surface area (Å²) >= 11 is 4.68. The number of halogens is 1. The van der Waals surface area contributed by atoms with Crippen LogP contribution in [-0.4, -0.2) is 24.9 Å². The zero-order valence-corrected chi connectivity index (χ0v) is 13.4. The zero-order chi connectivity index (χ0) is 14.8. The van der Waals surface area contributed by atoms with Crippen LogP contribution in [0.25, 0.3) is 11.7 Å². The molecule has 0 bridgehead atoms. The molecule has 0 amide bonds. The van der Waals surface area contributed by atoms with Crippen molar-refractivity contribution < 1.29 is 13.9 Å². The average Bonchev–Trinajstić information content (AvgIpc) is 3.17. The molecule has 3 rings (SSSR count). The van der Waals surface area contributed by atoms with E-state index >= 15 is 0 Å². The number of thioether (sulfide) groups is 1. The minimum atomic E-state index is -0.0395. The summed E-state index contributed by atoms with van der Waals surface area (Å²) in [6.07, 6.45) is 1.64. The maximum atomic E-state index is 9.12. The van der Waals surface area contributed by atoms with Crippen LogP contribution in [0.4, 0.5) is 0 Å². The Kier molecular flexibility index (Phi) is 4.13. The first kappa shape index (κ1) is 14.4. The molecule has 9 heteroatoms. The van der Waals surface area contributed by atoms with Gasteiger partial charge in [0.2, 0.25) is 5.89 Å². The van der Waals surface area contributed by atoms with Gasteiger partial charge in [-0.1, -0.05) is 11.8 Å². The van der Waals surface area contributed by atoms with Gasteiger partial charge < -0.3 is 18.5 Å². The average molecular weight is 371 g/mol. The summed E-state index contributed by atoms with van der Waals surface area (Å²) in [7, 11) is 1.85. The van der Waals surface area contributed by atoms with Crippen molar-refractivity contribution in [2.24, 2.45) is 7.05 Å². The Hall–Kier alpha value is -1.58. The van der Waals surface area contributed by atoms with Gasteiger partial charge in [-0.3, -0.25) is 0 Å². The van der Waals surface area contributed by atoms with Crippen molar-refractivity contribution in [3.05, 3.63) is 34.6 Å². The van der Waals surface area contributed by atoms with Crippen LogP contribution in [0.5, 0.6) is 0 Å². The van der Waals surface area contributed by atoms with Gasteiger partial charge in [-0.25, -0.2) is 4.98 Å². The predicted molar refractivity (Wildman–Crippen MR) is 78.4 cm³/mol. The highest BCUT2D eigenvalue weighted by Crippen LogP contribution is 2.26. The van der Waals surface area contributed by atoms with Gasteiger partial charge in [-0.2, -0.15) is 0 Å². The minimum absolute atomic E-state index is 0.0395. The van der Waals surface area contributed by atoms with E-state index in [1.807, 2.05) is 11.6 Å². The Labute approximate surface area is 132 Å². The van der Waals surface area contributed by atoms with E-state index in [4.69, 9.17) is 13.9 Å². The van der Waals surface area contributed by atoms with E-state index in [2.05, 4.69) is 31.1 Å². The van der Waals surface area contributed by atoms with Gasteiger partial charge in [0, 0.05) is 7.05 Å². The third kappa shape index (κ3) is 3.04. The summed E-state index contributed by atoms with van der Waals surface area (Å²) in [6.45, 7) is -0.0395. The van der Waals surface area contributed by atoms with Crippen LogP contribution in [0.2, 0.25) is 0 Å². The summed E-state index contributed by atoms with van der Waals surface area (Å²) in [6, 6.07) is 3.51. The second-order valence-electron chi connectivity index (χ2n) is 4.14. The normalized spacial score (nSPS) is 11.2. The molecular formula is C12H11BrN4O3S. The lowest BCUT2D eigenvalue weighted by Gasteiger charge is -2.01. The lowest BCUT2D eigenvalue weighted by molar-refractivity contribution is 0.271. The molecule has 0 aliphatic heterocycles. The largest absolute Gasteiger partial charge is 0.444 e. The predicted octanol–water partition coefficient (Wildman–Crippen LogP) is 2.61. The van der Waals surface area contributed by atoms with Crippen molar-refractivity contribution in [1.82, 2.24) is 19.7 Å². The molecule has 110 valence electrons. The summed E-state index contributed by atoms with van der Waals surface area (Å²) in [5.74, 6) is 1.83. The van der Waals surface area contributed by atoms with Crippen molar-refractivity contribution >= 4 is 27.7 Å². The second kappa shape index (κ2) is 6.04. The minimum Gasteiger partial charge on any atom is -0.444 e. The van der Waals surface area contributed by atoms with Gasteiger partial charge in [0.1, 0.15) is 0 Å². The van der Waals surface area contributed by atoms with Gasteiger partial charge >= 0.3 is 0 Å². The van der Waals surface area contributed by atoms with Crippen molar-refractivity contribution in [2.45, 2.75) is 17.5 Å². The highest BCUT2D eigenvalue weighted by molar-refractivity contribution is 9.10. The van der Waals surface area contributed by atoms with E-state index in [1.165, 1.54) is 11.8 Å². The number of hydrogen-bond acceptors (Lipinski definition) is 7. The lowest BCUT2D eigenvalue weighted by atomic mass is 10.5. The molecule has 0 aliphatic rings. The highest BCUT2D eigenvalue weighted by Gasteiger charge is 2.14. The van der Waals surface area contributed by atoms with Crippen LogP contribution < -0.4 is 0 Å². The van der Waals surface area contributed by atoms with Crippen LogP contribution in [0.15, 0.2) is 37.0 Å². The molecule has 7 nitrogen and oxygen atoms in total. The molecule has 3 heterocycles. The Balaban J connectivity index is 1.68. The van der Waals surface area contributed by atoms with E-state index in [0.29, 0.717) is 28.0 Å². The monoisotopic (exact) mass is 370 g/mol. The smallest absolute Gasteiger partial charge is 0.283 e. The molecule has 0 saturated heterocycles. The van der Waals surface area contributed by atoms with E-state index in [-0.39, 0.29) is 6.61 Å². The van der Waals surface area contributed by atoms with Crippen LogP contribution in [0.3, 0.4) is 0 Å². The number of aliphatic hydroxyl groups excluding tert-OH is 1. The summed E-state index contributed by atoms with van der Waals surface area (Å²) in [5, 5.41) is 17.8. The number of rotatable bonds is 5. The standard InChI is InChI=1S/C12H11BrN4O3S/c1-17-7(5-18)4-14-12(17)21-6-10-15-16-11(20-10)8-2-3-9(13)19-8/h2-4,18H,5-6H2,1H3. The van der Waals surface area contributed by atoms with Crippen molar-refractivity contribution in [3.63, 3.8) is 0 Å². The van der Waals surface area contributed by atoms with E-state index in [1.54, 1.807) is 18.3 Å². The van der Waals surface area contributed by atoms with Crippen molar-refractivity contribution in [1.29, 1.82) is 0 Å². The van der Waals surface area contributed by atoms with Gasteiger partial charge in [-0.15, -0.1) is 10.2 Å². The number of hydrogen-bond donors (Lipinski definition) is 1. The van der Waals surface area contributed by atoms with Crippen LogP contribution in [-0.2, 0) is 19.4 Å². The molecule has 0 atom stereocenters. The maximum Gasteiger partial charge on any atom is 0.283 e. The van der Waals surface area contributed by atoms with Gasteiger partial charge in [0.05, 0.1) is 24.3 Å². The quantitative estimate of drug-likeness (QED) is 0.690. The molecule has 0 spiro atoms. The third-order valence-electron chi connectivity index (χ3n) is 2.78. The second-order valence-corrected chi connectivity index (χ2v) is 5.87. The molecule has 0 aliphatic carbocycles. The number of aromatic nitrogens is 4. The van der Waals surface area contributed by atoms with Crippen molar-refractivity contribution in [3.8, 4) is 11.7 Å². The van der Waals surface area contributed by atoms with Crippen LogP contribution >= 0.6 is 27.7 Å². The number of imidazole rings is 1. The Morgan fingerprint density at radius 2 is 2.19 bits per heavy atom. The Bertz CT molecular complexity index is 751. The number of aliphatic hydroxyl groups is 1. The molecule has 21 heavy (non-hydrogen) atoms. The fourth-order valence-corrected chi connectivity index (χ4v) is 2.79. The summed E-state index contributed by atoms with van der Waals surface area (Å²) in [4.78, 5) is 4.22. The van der Waals surface area contributed by atoms with Crippen LogP contribution in [0.1, 0.15) is 11.6 Å². The first-order valence-corrected chi connectivity index (χ1v) is 7.77. The molecule has 3 aromatic heterocycles. The van der Waals surface area contributed by atoms with Crippen LogP contribution in [0, 0.1) is 0 Å². The fourth-order valence-electron chi connectivity index (χ4n) is 1.67. The number of nitrogens with zero attached hydrogens (tertiary/aromatic N) is 4. The third-order valence-corrected chi connectivity index (χ3v) is 4.23. The van der Waals surface area contributed by atoms with Gasteiger partial charge in [0.25, 0.3) is 5.89 Å². The summed E-state index contributed by atoms with van der Waals surface area (Å²) < 4.78 is 13.3. The summed E-state index contributed by atoms with van der Waals surface area (Å²) in [5.41, 5.74) is 0.754. The SMILES string of the molecule is Cn1c(CO)cnc1SCc1nnc(-c2ccc(Br)o2)o1. The molecule has 0 fully saturated rings. The first-order valence-electron chi connectivity index (χ1n) is 5.99. The fraction of sp³-hybridized carbons (Fsp3) is 0.250. The zero-order valence-electron chi connectivity index (χ0n) is 11.0. The highest BCUT2D eigenvalue weighted by atomic mass is 79.9. The van der Waals surface area contributed by atoms with E-state index in [0.717, 1.165) is 10.9 Å². The Morgan fingerprint density at radius 3 is 2.86 bits per heavy atom. The van der Waals surface area contributed by atoms with Gasteiger partial charge in [0.15, 0.2) is 15.6 Å². The molecule has 0 unspecified atom stereocenters. The Morgan fingerprint density at radius 1 is 1.33 bits per heavy atom. The van der Waals surface area contributed by atoms with E-state index < -0.39 is 0 Å². The van der Waals surface area contributed by atoms with Crippen molar-refractivity contribution in [2.75, 3.05) is 0 Å². The lowest BCUT2D eigenvalue weighted by Crippen LogP contribution is -1.97. The first-order chi connectivity index (χ1) is 10.2. The molecule has 1 N–H and O–H groups in total. The van der Waals surface area contributed by atoms with E-state index in [9.17, 15) is 0 Å². The molecular weight excluding hydrogens is 360 g/mol. The maximum absolute atomic E-state index is 9.12. The topological polar surface area (TPSA) is 90.1 Å². The molecule has 0 radical (unpaired) electrons. The molecule has 0 aromatic carbocycles. The number of furan rings is 1. The van der Waals surface area contributed by atoms with Gasteiger partial charge in [-0.05, 0) is 28.1 Å². The molecule has 3 aromatic rings. The molecule has 0 saturated carbocycles.